The number of ether oxygens (including phenoxy) is 2. The van der Waals surface area contributed by atoms with Crippen molar-refractivity contribution in [2.75, 3.05) is 39.2 Å². The summed E-state index contributed by atoms with van der Waals surface area (Å²) in [6.07, 6.45) is 3.09. The third kappa shape index (κ3) is 4.18. The van der Waals surface area contributed by atoms with Crippen LogP contribution in [0.5, 0.6) is 5.88 Å². The highest BCUT2D eigenvalue weighted by molar-refractivity contribution is 5.91. The fourth-order valence-corrected chi connectivity index (χ4v) is 2.14. The molecule has 1 unspecified atom stereocenters. The summed E-state index contributed by atoms with van der Waals surface area (Å²) in [5, 5.41) is 2.81. The quantitative estimate of drug-likeness (QED) is 0.846. The van der Waals surface area contributed by atoms with Crippen LogP contribution in [-0.4, -0.2) is 55.7 Å². The predicted molar refractivity (Wildman–Crippen MR) is 75.9 cm³/mol. The molecule has 0 spiro atoms. The predicted octanol–water partition coefficient (Wildman–Crippen LogP) is 1.14. The topological polar surface area (TPSA) is 63.7 Å². The Morgan fingerprint density at radius 3 is 3.15 bits per heavy atom. The van der Waals surface area contributed by atoms with Crippen LogP contribution in [0.1, 0.15) is 12.8 Å². The van der Waals surface area contributed by atoms with Gasteiger partial charge in [0.05, 0.1) is 13.0 Å². The van der Waals surface area contributed by atoms with Crippen LogP contribution in [0.4, 0.5) is 5.69 Å². The second-order valence-electron chi connectivity index (χ2n) is 4.94. The number of nitrogens with zero attached hydrogens (tertiary/aromatic N) is 2. The van der Waals surface area contributed by atoms with E-state index in [0.29, 0.717) is 24.6 Å². The Labute approximate surface area is 119 Å². The number of likely N-dealkylation sites (N-methyl/N-ethyl adjacent to an activating group) is 1. The Morgan fingerprint density at radius 2 is 2.45 bits per heavy atom. The van der Waals surface area contributed by atoms with Crippen LogP contribution in [0.25, 0.3) is 0 Å². The minimum atomic E-state index is -0.103. The van der Waals surface area contributed by atoms with Crippen molar-refractivity contribution in [3.63, 3.8) is 0 Å². The molecule has 20 heavy (non-hydrogen) atoms. The number of nitrogens with one attached hydrogen (secondary N) is 1. The van der Waals surface area contributed by atoms with Crippen molar-refractivity contribution in [2.45, 2.75) is 18.9 Å². The van der Waals surface area contributed by atoms with Crippen molar-refractivity contribution in [1.29, 1.82) is 0 Å². The summed E-state index contributed by atoms with van der Waals surface area (Å²) in [5.41, 5.74) is 0.614. The Hall–Kier alpha value is -1.66. The number of amides is 1. The molecule has 2 rings (SSSR count). The largest absolute Gasteiger partial charge is 0.471 e. The van der Waals surface area contributed by atoms with Crippen LogP contribution >= 0.6 is 0 Å². The van der Waals surface area contributed by atoms with Crippen LogP contribution in [-0.2, 0) is 9.53 Å². The van der Waals surface area contributed by atoms with Gasteiger partial charge in [0, 0.05) is 26.4 Å². The fourth-order valence-electron chi connectivity index (χ4n) is 2.14. The number of carbonyl (C=O) groups is 1. The van der Waals surface area contributed by atoms with Gasteiger partial charge in [-0.3, -0.25) is 4.79 Å². The first-order chi connectivity index (χ1) is 9.69. The van der Waals surface area contributed by atoms with Gasteiger partial charge in [-0.1, -0.05) is 0 Å². The molecule has 1 fully saturated rings. The van der Waals surface area contributed by atoms with E-state index in [1.165, 1.54) is 0 Å². The standard InChI is InChI=1S/C14H21N3O3/c1-17-8-5-11(10-17)20-14-12(4-3-7-15-14)16-13(18)6-9-19-2/h3-4,7,11H,5-6,8-10H2,1-2H3,(H,16,18). The maximum absolute atomic E-state index is 11.7. The molecule has 1 aromatic heterocycles. The van der Waals surface area contributed by atoms with Crippen LogP contribution in [0.3, 0.4) is 0 Å². The Balaban J connectivity index is 1.97. The molecule has 1 N–H and O–H groups in total. The molecule has 2 heterocycles. The van der Waals surface area contributed by atoms with E-state index >= 15 is 0 Å². The molecule has 0 bridgehead atoms. The van der Waals surface area contributed by atoms with Gasteiger partial charge in [-0.2, -0.15) is 0 Å². The Kier molecular flexibility index (Phi) is 5.31. The van der Waals surface area contributed by atoms with Gasteiger partial charge in [0.1, 0.15) is 11.8 Å². The lowest BCUT2D eigenvalue weighted by Crippen LogP contribution is -2.23. The van der Waals surface area contributed by atoms with Crippen molar-refractivity contribution in [3.05, 3.63) is 18.3 Å². The Bertz CT molecular complexity index is 453. The summed E-state index contributed by atoms with van der Waals surface area (Å²) in [4.78, 5) is 18.2. The average molecular weight is 279 g/mol. The van der Waals surface area contributed by atoms with Gasteiger partial charge in [-0.15, -0.1) is 0 Å². The van der Waals surface area contributed by atoms with Crippen LogP contribution in [0, 0.1) is 0 Å². The molecule has 0 saturated carbocycles. The van der Waals surface area contributed by atoms with Crippen molar-refractivity contribution in [3.8, 4) is 5.88 Å². The summed E-state index contributed by atoms with van der Waals surface area (Å²) < 4.78 is 10.8. The highest BCUT2D eigenvalue weighted by Gasteiger charge is 2.22. The van der Waals surface area contributed by atoms with Gasteiger partial charge in [0.2, 0.25) is 11.8 Å². The molecule has 1 aliphatic rings. The molecule has 1 saturated heterocycles. The van der Waals surface area contributed by atoms with Gasteiger partial charge in [-0.05, 0) is 25.6 Å². The number of methoxy groups -OCH3 is 1. The maximum atomic E-state index is 11.7. The van der Waals surface area contributed by atoms with E-state index in [0.717, 1.165) is 19.5 Å². The number of likely N-dealkylation sites (tertiary alicyclic amines) is 1. The van der Waals surface area contributed by atoms with E-state index in [9.17, 15) is 4.79 Å². The normalized spacial score (nSPS) is 19.0. The molecule has 0 radical (unpaired) electrons. The monoisotopic (exact) mass is 279 g/mol. The number of rotatable bonds is 6. The molecule has 1 aromatic rings. The lowest BCUT2D eigenvalue weighted by molar-refractivity contribution is -0.117. The van der Waals surface area contributed by atoms with E-state index in [2.05, 4.69) is 22.2 Å². The number of hydrogen-bond acceptors (Lipinski definition) is 5. The highest BCUT2D eigenvalue weighted by atomic mass is 16.5. The molecule has 6 nitrogen and oxygen atoms in total. The van der Waals surface area contributed by atoms with Crippen molar-refractivity contribution in [1.82, 2.24) is 9.88 Å². The van der Waals surface area contributed by atoms with E-state index in [-0.39, 0.29) is 12.0 Å². The summed E-state index contributed by atoms with van der Waals surface area (Å²) in [6.45, 7) is 2.30. The van der Waals surface area contributed by atoms with Gasteiger partial charge in [0.25, 0.3) is 0 Å². The van der Waals surface area contributed by atoms with E-state index in [4.69, 9.17) is 9.47 Å². The van der Waals surface area contributed by atoms with Crippen molar-refractivity contribution in [2.24, 2.45) is 0 Å². The van der Waals surface area contributed by atoms with Gasteiger partial charge in [-0.25, -0.2) is 4.98 Å². The van der Waals surface area contributed by atoms with Crippen molar-refractivity contribution < 1.29 is 14.3 Å². The second kappa shape index (κ2) is 7.21. The molecule has 1 amide bonds. The lowest BCUT2D eigenvalue weighted by Gasteiger charge is -2.16. The van der Waals surface area contributed by atoms with Gasteiger partial charge < -0.3 is 19.7 Å². The summed E-state index contributed by atoms with van der Waals surface area (Å²) in [5.74, 6) is 0.381. The minimum absolute atomic E-state index is 0.103. The van der Waals surface area contributed by atoms with Crippen LogP contribution in [0.2, 0.25) is 0 Å². The zero-order valence-corrected chi connectivity index (χ0v) is 12.0. The second-order valence-corrected chi connectivity index (χ2v) is 4.94. The first-order valence-corrected chi connectivity index (χ1v) is 6.78. The van der Waals surface area contributed by atoms with E-state index < -0.39 is 0 Å². The average Bonchev–Trinajstić information content (AvgIpc) is 2.84. The SMILES string of the molecule is COCCC(=O)Nc1cccnc1OC1CCN(C)C1. The van der Waals surface area contributed by atoms with Gasteiger partial charge in [0.15, 0.2) is 0 Å². The van der Waals surface area contributed by atoms with Crippen LogP contribution < -0.4 is 10.1 Å². The maximum Gasteiger partial charge on any atom is 0.238 e. The minimum Gasteiger partial charge on any atom is -0.471 e. The summed E-state index contributed by atoms with van der Waals surface area (Å²) in [6, 6.07) is 3.57. The fraction of sp³-hybridized carbons (Fsp3) is 0.571. The first kappa shape index (κ1) is 14.7. The molecular formula is C14H21N3O3. The first-order valence-electron chi connectivity index (χ1n) is 6.78. The number of pyridine rings is 1. The van der Waals surface area contributed by atoms with Crippen LogP contribution in [0.15, 0.2) is 18.3 Å². The van der Waals surface area contributed by atoms with E-state index in [1.54, 1.807) is 25.4 Å². The molecule has 0 aliphatic carbocycles. The molecule has 0 aromatic carbocycles. The van der Waals surface area contributed by atoms with Crippen molar-refractivity contribution >= 4 is 11.6 Å². The molecule has 110 valence electrons. The highest BCUT2D eigenvalue weighted by Crippen LogP contribution is 2.24. The van der Waals surface area contributed by atoms with Gasteiger partial charge >= 0.3 is 0 Å². The summed E-state index contributed by atoms with van der Waals surface area (Å²) >= 11 is 0. The molecular weight excluding hydrogens is 258 g/mol. The smallest absolute Gasteiger partial charge is 0.238 e. The zero-order chi connectivity index (χ0) is 14.4. The number of aromatic nitrogens is 1. The lowest BCUT2D eigenvalue weighted by atomic mass is 10.3. The molecule has 6 heteroatoms. The Morgan fingerprint density at radius 1 is 1.60 bits per heavy atom. The number of carbonyl (C=O) groups excluding carboxylic acids is 1. The zero-order valence-electron chi connectivity index (χ0n) is 12.0. The third-order valence-electron chi connectivity index (χ3n) is 3.20. The molecule has 1 aliphatic heterocycles. The third-order valence-corrected chi connectivity index (χ3v) is 3.20. The molecule has 1 atom stereocenters. The number of hydrogen-bond donors (Lipinski definition) is 1. The number of anilines is 1. The van der Waals surface area contributed by atoms with E-state index in [1.807, 2.05) is 0 Å². The summed E-state index contributed by atoms with van der Waals surface area (Å²) in [7, 11) is 3.64.